The number of primary amides is 1. The Labute approximate surface area is 207 Å². The van der Waals surface area contributed by atoms with E-state index in [4.69, 9.17) is 5.73 Å². The lowest BCUT2D eigenvalue weighted by Gasteiger charge is -2.25. The van der Waals surface area contributed by atoms with Crippen LogP contribution in [0.1, 0.15) is 37.8 Å². The van der Waals surface area contributed by atoms with E-state index in [2.05, 4.69) is 31.2 Å². The number of aromatic nitrogens is 2. The highest BCUT2D eigenvalue weighted by Crippen LogP contribution is 2.08. The average molecular weight is 512 g/mol. The molecule has 2 heterocycles. The summed E-state index contributed by atoms with van der Waals surface area (Å²) in [6.45, 7) is 0.715. The Morgan fingerprint density at radius 2 is 1.86 bits per heavy atom. The fourth-order valence-corrected chi connectivity index (χ4v) is 4.07. The molecular weight excluding hydrogens is 478 g/mol. The second kappa shape index (κ2) is 14.3. The maximum absolute atomic E-state index is 13.2. The van der Waals surface area contributed by atoms with Gasteiger partial charge in [0.1, 0.15) is 18.1 Å². The molecule has 13 nitrogen and oxygen atoms in total. The number of carbonyl (C=O) groups excluding carboxylic acids is 4. The van der Waals surface area contributed by atoms with Crippen molar-refractivity contribution in [3.05, 3.63) is 18.2 Å². The molecule has 194 valence electrons. The number of nitrogens with one attached hydrogen (secondary N) is 5. The SMILES string of the molecule is CSCCC(NC(=O)C(Cc1cnc[nH]1)NC(=O)C1CCCN1)C(=O)NC(CCC(N)=O)C(=O)O. The van der Waals surface area contributed by atoms with Gasteiger partial charge in [-0.2, -0.15) is 11.8 Å². The van der Waals surface area contributed by atoms with Crippen molar-refractivity contribution < 1.29 is 29.1 Å². The van der Waals surface area contributed by atoms with Crippen molar-refractivity contribution in [3.63, 3.8) is 0 Å². The quantitative estimate of drug-likeness (QED) is 0.142. The number of amides is 4. The Morgan fingerprint density at radius 3 is 2.43 bits per heavy atom. The van der Waals surface area contributed by atoms with E-state index < -0.39 is 47.9 Å². The van der Waals surface area contributed by atoms with Gasteiger partial charge in [0.2, 0.25) is 23.6 Å². The molecule has 1 aliphatic rings. The van der Waals surface area contributed by atoms with Gasteiger partial charge >= 0.3 is 5.97 Å². The Kier molecular flexibility index (Phi) is 11.5. The van der Waals surface area contributed by atoms with Crippen molar-refractivity contribution in [2.75, 3.05) is 18.6 Å². The summed E-state index contributed by atoms with van der Waals surface area (Å²) in [5, 5.41) is 20.2. The van der Waals surface area contributed by atoms with Crippen LogP contribution in [0.25, 0.3) is 0 Å². The first-order valence-electron chi connectivity index (χ1n) is 11.3. The first-order valence-corrected chi connectivity index (χ1v) is 12.7. The van der Waals surface area contributed by atoms with Crippen molar-refractivity contribution >= 4 is 41.4 Å². The van der Waals surface area contributed by atoms with Gasteiger partial charge in [-0.1, -0.05) is 0 Å². The summed E-state index contributed by atoms with van der Waals surface area (Å²) >= 11 is 1.45. The molecule has 1 aromatic heterocycles. The largest absolute Gasteiger partial charge is 0.480 e. The molecule has 0 bridgehead atoms. The summed E-state index contributed by atoms with van der Waals surface area (Å²) in [6, 6.07) is -3.77. The third-order valence-corrected chi connectivity index (χ3v) is 6.17. The number of carboxylic acid groups (broad SMARTS) is 1. The van der Waals surface area contributed by atoms with Gasteiger partial charge < -0.3 is 37.1 Å². The minimum Gasteiger partial charge on any atom is -0.480 e. The molecule has 2 rings (SSSR count). The van der Waals surface area contributed by atoms with E-state index >= 15 is 0 Å². The van der Waals surface area contributed by atoms with Gasteiger partial charge in [-0.3, -0.25) is 19.2 Å². The molecule has 8 N–H and O–H groups in total. The Morgan fingerprint density at radius 1 is 1.14 bits per heavy atom. The second-order valence-corrected chi connectivity index (χ2v) is 9.22. The zero-order valence-corrected chi connectivity index (χ0v) is 20.4. The summed E-state index contributed by atoms with van der Waals surface area (Å²) in [4.78, 5) is 68.1. The van der Waals surface area contributed by atoms with Gasteiger partial charge in [0.25, 0.3) is 0 Å². The number of aromatic amines is 1. The highest BCUT2D eigenvalue weighted by Gasteiger charge is 2.31. The number of rotatable bonds is 15. The molecule has 0 saturated carbocycles. The normalized spacial score (nSPS) is 17.7. The van der Waals surface area contributed by atoms with E-state index in [0.29, 0.717) is 24.4 Å². The van der Waals surface area contributed by atoms with E-state index in [1.165, 1.54) is 24.3 Å². The fourth-order valence-electron chi connectivity index (χ4n) is 3.60. The molecule has 14 heteroatoms. The number of carboxylic acids is 1. The van der Waals surface area contributed by atoms with Crippen LogP contribution >= 0.6 is 11.8 Å². The summed E-state index contributed by atoms with van der Waals surface area (Å²) in [5.74, 6) is -3.09. The van der Waals surface area contributed by atoms with E-state index in [0.717, 1.165) is 6.42 Å². The molecule has 4 unspecified atom stereocenters. The molecule has 4 amide bonds. The smallest absolute Gasteiger partial charge is 0.326 e. The first-order chi connectivity index (χ1) is 16.7. The number of hydrogen-bond donors (Lipinski definition) is 7. The van der Waals surface area contributed by atoms with Crippen molar-refractivity contribution in [3.8, 4) is 0 Å². The number of carbonyl (C=O) groups is 5. The predicted molar refractivity (Wildman–Crippen MR) is 128 cm³/mol. The molecule has 1 saturated heterocycles. The van der Waals surface area contributed by atoms with E-state index in [1.54, 1.807) is 0 Å². The lowest BCUT2D eigenvalue weighted by atomic mass is 10.1. The first kappa shape index (κ1) is 28.1. The predicted octanol–water partition coefficient (Wildman–Crippen LogP) is -1.74. The summed E-state index contributed by atoms with van der Waals surface area (Å²) in [7, 11) is 0. The van der Waals surface area contributed by atoms with Crippen LogP contribution in [0, 0.1) is 0 Å². The van der Waals surface area contributed by atoms with Crippen molar-refractivity contribution in [1.82, 2.24) is 31.2 Å². The summed E-state index contributed by atoms with van der Waals surface area (Å²) < 4.78 is 0. The topological polar surface area (TPSA) is 208 Å². The van der Waals surface area contributed by atoms with Gasteiger partial charge in [-0.05, 0) is 44.2 Å². The van der Waals surface area contributed by atoms with Crippen LogP contribution in [0.4, 0.5) is 0 Å². The molecule has 4 atom stereocenters. The average Bonchev–Trinajstić information content (AvgIpc) is 3.52. The maximum atomic E-state index is 13.2. The highest BCUT2D eigenvalue weighted by atomic mass is 32.2. The van der Waals surface area contributed by atoms with Gasteiger partial charge in [-0.25, -0.2) is 9.78 Å². The van der Waals surface area contributed by atoms with Crippen LogP contribution < -0.4 is 27.0 Å². The third-order valence-electron chi connectivity index (χ3n) is 5.53. The minimum atomic E-state index is -1.34. The van der Waals surface area contributed by atoms with Gasteiger partial charge in [0.05, 0.1) is 12.4 Å². The van der Waals surface area contributed by atoms with Gasteiger partial charge in [0.15, 0.2) is 0 Å². The molecular formula is C21H33N7O6S. The second-order valence-electron chi connectivity index (χ2n) is 8.24. The standard InChI is InChI=1S/C21H33N7O6S/c1-35-8-6-14(19(31)27-15(21(33)34)4-5-17(22)29)26-20(32)16(9-12-10-23-11-25-12)28-18(30)13-3-2-7-24-13/h10-11,13-16,24H,2-9H2,1H3,(H2,22,29)(H,23,25)(H,26,32)(H,27,31)(H,28,30)(H,33,34). The number of aliphatic carboxylic acids is 1. The van der Waals surface area contributed by atoms with Crippen LogP contribution in [0.3, 0.4) is 0 Å². The van der Waals surface area contributed by atoms with Gasteiger partial charge in [0, 0.05) is 24.7 Å². The Bertz CT molecular complexity index is 876. The molecule has 0 aromatic carbocycles. The number of H-pyrrole nitrogens is 1. The zero-order chi connectivity index (χ0) is 25.8. The number of nitrogens with two attached hydrogens (primary N) is 1. The van der Waals surface area contributed by atoms with Gasteiger partial charge in [-0.15, -0.1) is 0 Å². The molecule has 1 aliphatic heterocycles. The van der Waals surface area contributed by atoms with E-state index in [9.17, 15) is 29.1 Å². The number of hydrogen-bond acceptors (Lipinski definition) is 8. The minimum absolute atomic E-state index is 0.123. The Hall–Kier alpha value is -3.13. The highest BCUT2D eigenvalue weighted by molar-refractivity contribution is 7.98. The lowest BCUT2D eigenvalue weighted by Crippen LogP contribution is -2.57. The summed E-state index contributed by atoms with van der Waals surface area (Å²) in [6.07, 6.45) is 6.30. The fraction of sp³-hybridized carbons (Fsp3) is 0.619. The van der Waals surface area contributed by atoms with Crippen LogP contribution in [0.5, 0.6) is 0 Å². The number of nitrogens with zero attached hydrogens (tertiary/aromatic N) is 1. The van der Waals surface area contributed by atoms with E-state index in [1.807, 2.05) is 6.26 Å². The monoisotopic (exact) mass is 511 g/mol. The lowest BCUT2D eigenvalue weighted by molar-refractivity contribution is -0.142. The molecule has 1 fully saturated rings. The molecule has 0 spiro atoms. The van der Waals surface area contributed by atoms with Crippen molar-refractivity contribution in [2.45, 2.75) is 62.7 Å². The molecule has 0 radical (unpaired) electrons. The molecule has 35 heavy (non-hydrogen) atoms. The van der Waals surface area contributed by atoms with Crippen molar-refractivity contribution in [2.24, 2.45) is 5.73 Å². The number of thioether (sulfide) groups is 1. The van der Waals surface area contributed by atoms with Crippen LogP contribution in [-0.4, -0.2) is 87.4 Å². The summed E-state index contributed by atoms with van der Waals surface area (Å²) in [5.41, 5.74) is 5.70. The van der Waals surface area contributed by atoms with E-state index in [-0.39, 0.29) is 31.6 Å². The zero-order valence-electron chi connectivity index (χ0n) is 19.5. The van der Waals surface area contributed by atoms with Crippen LogP contribution in [0.2, 0.25) is 0 Å². The third kappa shape index (κ3) is 9.56. The van der Waals surface area contributed by atoms with Crippen LogP contribution in [-0.2, 0) is 30.4 Å². The Balaban J connectivity index is 2.11. The van der Waals surface area contributed by atoms with Crippen LogP contribution in [0.15, 0.2) is 12.5 Å². The maximum Gasteiger partial charge on any atom is 0.326 e. The molecule has 0 aliphatic carbocycles. The number of imidazole rings is 1. The van der Waals surface area contributed by atoms with Crippen molar-refractivity contribution in [1.29, 1.82) is 0 Å². The molecule has 1 aromatic rings.